The zero-order valence-electron chi connectivity index (χ0n) is 19.7. The summed E-state index contributed by atoms with van der Waals surface area (Å²) in [5, 5.41) is 11.7. The van der Waals surface area contributed by atoms with Crippen molar-refractivity contribution in [2.45, 2.75) is 25.1 Å². The second kappa shape index (κ2) is 11.9. The largest absolute Gasteiger partial charge is 0.480 e. The molecule has 1 amide bonds. The van der Waals surface area contributed by atoms with Crippen molar-refractivity contribution < 1.29 is 37.4 Å². The fourth-order valence-electron chi connectivity index (χ4n) is 3.49. The van der Waals surface area contributed by atoms with Crippen molar-refractivity contribution in [2.75, 3.05) is 0 Å². The number of guanidine groups is 1. The van der Waals surface area contributed by atoms with E-state index < -0.39 is 53.4 Å². The van der Waals surface area contributed by atoms with Gasteiger partial charge in [-0.15, -0.1) is 0 Å². The van der Waals surface area contributed by atoms with Crippen LogP contribution in [0.15, 0.2) is 77.8 Å². The van der Waals surface area contributed by atoms with Gasteiger partial charge in [0.05, 0.1) is 23.2 Å². The van der Waals surface area contributed by atoms with Crippen molar-refractivity contribution in [3.63, 3.8) is 0 Å². The van der Waals surface area contributed by atoms with Gasteiger partial charge in [0.25, 0.3) is 0 Å². The number of alkyl halides is 3. The second-order valence-electron chi connectivity index (χ2n) is 8.11. The minimum atomic E-state index is -4.88. The Morgan fingerprint density at radius 1 is 0.974 bits per heavy atom. The number of ether oxygens (including phenoxy) is 1. The average Bonchev–Trinajstić information content (AvgIpc) is 2.84. The Balaban J connectivity index is 1.74. The Hall–Kier alpha value is -4.87. The lowest BCUT2D eigenvalue weighted by molar-refractivity contribution is -0.142. The molecule has 1 unspecified atom stereocenters. The van der Waals surface area contributed by atoms with E-state index in [4.69, 9.17) is 16.2 Å². The molecule has 0 fully saturated rings. The van der Waals surface area contributed by atoms with Crippen LogP contribution in [0.25, 0.3) is 0 Å². The van der Waals surface area contributed by atoms with Gasteiger partial charge in [-0.3, -0.25) is 4.79 Å². The molecule has 0 saturated heterocycles. The molecule has 3 rings (SSSR count). The number of benzene rings is 3. The number of halogens is 3. The van der Waals surface area contributed by atoms with Gasteiger partial charge in [-0.25, -0.2) is 14.6 Å². The van der Waals surface area contributed by atoms with Gasteiger partial charge in [0, 0.05) is 6.42 Å². The zero-order valence-corrected chi connectivity index (χ0v) is 19.7. The van der Waals surface area contributed by atoms with Crippen LogP contribution in [0.4, 0.5) is 18.9 Å². The van der Waals surface area contributed by atoms with E-state index in [1.165, 1.54) is 24.3 Å². The topological polar surface area (TPSA) is 157 Å². The summed E-state index contributed by atoms with van der Waals surface area (Å²) in [6.07, 6.45) is -5.67. The normalized spacial score (nSPS) is 11.8. The summed E-state index contributed by atoms with van der Waals surface area (Å²) >= 11 is 0. The number of carboxylic acids is 1. The van der Waals surface area contributed by atoms with Crippen molar-refractivity contribution in [1.29, 1.82) is 0 Å². The number of nitrogens with zero attached hydrogens (tertiary/aromatic N) is 1. The van der Waals surface area contributed by atoms with E-state index in [-0.39, 0.29) is 17.9 Å². The molecule has 0 radical (unpaired) electrons. The Kier molecular flexibility index (Phi) is 8.69. The summed E-state index contributed by atoms with van der Waals surface area (Å²) in [7, 11) is 0. The van der Waals surface area contributed by atoms with E-state index >= 15 is 0 Å². The summed E-state index contributed by atoms with van der Waals surface area (Å²) in [6.45, 7) is 0. The molecule has 6 N–H and O–H groups in total. The van der Waals surface area contributed by atoms with Gasteiger partial charge in [0.15, 0.2) is 5.96 Å². The number of rotatable bonds is 9. The summed E-state index contributed by atoms with van der Waals surface area (Å²) in [5.41, 5.74) is 9.97. The molecule has 198 valence electrons. The van der Waals surface area contributed by atoms with Gasteiger partial charge in [0.1, 0.15) is 11.8 Å². The first-order chi connectivity index (χ1) is 17.9. The monoisotopic (exact) mass is 528 g/mol. The number of hydrogen-bond acceptors (Lipinski definition) is 5. The lowest BCUT2D eigenvalue weighted by Crippen LogP contribution is -2.43. The first kappa shape index (κ1) is 27.7. The zero-order chi connectivity index (χ0) is 27.9. The fourth-order valence-corrected chi connectivity index (χ4v) is 3.49. The van der Waals surface area contributed by atoms with Crippen LogP contribution >= 0.6 is 0 Å². The number of carboxylic acid groups (broad SMARTS) is 1. The number of carbonyl (C=O) groups excluding carboxylic acids is 2. The predicted molar refractivity (Wildman–Crippen MR) is 132 cm³/mol. The highest BCUT2D eigenvalue weighted by molar-refractivity contribution is 5.91. The van der Waals surface area contributed by atoms with Gasteiger partial charge >= 0.3 is 18.1 Å². The second-order valence-corrected chi connectivity index (χ2v) is 8.11. The molecule has 12 heteroatoms. The molecule has 9 nitrogen and oxygen atoms in total. The fraction of sp³-hybridized carbons (Fsp3) is 0.154. The van der Waals surface area contributed by atoms with E-state index in [1.54, 1.807) is 30.3 Å². The van der Waals surface area contributed by atoms with Crippen molar-refractivity contribution in [3.05, 3.63) is 95.1 Å². The maximum atomic E-state index is 13.8. The number of amides is 1. The Labute approximate surface area is 214 Å². The van der Waals surface area contributed by atoms with Gasteiger partial charge in [-0.2, -0.15) is 13.2 Å². The molecule has 0 aliphatic carbocycles. The van der Waals surface area contributed by atoms with Gasteiger partial charge in [0.2, 0.25) is 5.91 Å². The Bertz CT molecular complexity index is 1340. The first-order valence-corrected chi connectivity index (χ1v) is 11.1. The third-order valence-corrected chi connectivity index (χ3v) is 5.23. The molecular weight excluding hydrogens is 505 g/mol. The van der Waals surface area contributed by atoms with Crippen LogP contribution in [-0.2, 0) is 28.6 Å². The molecule has 0 aliphatic rings. The van der Waals surface area contributed by atoms with Crippen LogP contribution in [0.3, 0.4) is 0 Å². The van der Waals surface area contributed by atoms with Crippen molar-refractivity contribution in [1.82, 2.24) is 5.32 Å². The lowest BCUT2D eigenvalue weighted by atomic mass is 10.0. The van der Waals surface area contributed by atoms with Gasteiger partial charge in [-0.05, 0) is 47.5 Å². The van der Waals surface area contributed by atoms with Crippen molar-refractivity contribution in [3.8, 4) is 5.75 Å². The minimum absolute atomic E-state index is 0.0367. The van der Waals surface area contributed by atoms with Crippen LogP contribution in [0.2, 0.25) is 0 Å². The number of esters is 1. The third-order valence-electron chi connectivity index (χ3n) is 5.23. The lowest BCUT2D eigenvalue weighted by Gasteiger charge is -2.17. The number of aliphatic imine (C=N–C) groups is 1. The number of carbonyl (C=O) groups is 3. The summed E-state index contributed by atoms with van der Waals surface area (Å²) < 4.78 is 46.4. The minimum Gasteiger partial charge on any atom is -0.480 e. The summed E-state index contributed by atoms with van der Waals surface area (Å²) in [4.78, 5) is 40.3. The van der Waals surface area contributed by atoms with Crippen LogP contribution in [0, 0.1) is 0 Å². The van der Waals surface area contributed by atoms with Gasteiger partial charge < -0.3 is 26.6 Å². The van der Waals surface area contributed by atoms with Crippen LogP contribution < -0.4 is 21.5 Å². The molecule has 3 aromatic rings. The van der Waals surface area contributed by atoms with Crippen LogP contribution in [0.1, 0.15) is 27.0 Å². The molecule has 1 atom stereocenters. The smallest absolute Gasteiger partial charge is 0.416 e. The predicted octanol–water partition coefficient (Wildman–Crippen LogP) is 3.18. The Morgan fingerprint density at radius 3 is 2.21 bits per heavy atom. The maximum Gasteiger partial charge on any atom is 0.416 e. The summed E-state index contributed by atoms with van der Waals surface area (Å²) in [5.74, 6) is -3.75. The van der Waals surface area contributed by atoms with E-state index in [0.29, 0.717) is 17.3 Å². The van der Waals surface area contributed by atoms with Crippen molar-refractivity contribution >= 4 is 29.5 Å². The molecule has 38 heavy (non-hydrogen) atoms. The molecule has 0 saturated carbocycles. The highest BCUT2D eigenvalue weighted by atomic mass is 19.4. The van der Waals surface area contributed by atoms with Crippen LogP contribution in [0.5, 0.6) is 5.75 Å². The highest BCUT2D eigenvalue weighted by Crippen LogP contribution is 2.35. The maximum absolute atomic E-state index is 13.8. The molecule has 0 spiro atoms. The SMILES string of the molecule is NC(N)=Nc1ccc(C(=O)Oc2ccc(CC(=O)NC(Cc3ccccc3)C(=O)O)c(C(F)(F)F)c2)cc1. The van der Waals surface area contributed by atoms with Crippen LogP contribution in [-0.4, -0.2) is 35.0 Å². The number of hydrogen-bond donors (Lipinski definition) is 4. The number of nitrogens with one attached hydrogen (secondary N) is 1. The number of aliphatic carboxylic acids is 1. The van der Waals surface area contributed by atoms with E-state index in [9.17, 15) is 32.7 Å². The summed E-state index contributed by atoms with van der Waals surface area (Å²) in [6, 6.07) is 15.4. The molecule has 0 bridgehead atoms. The van der Waals surface area contributed by atoms with E-state index in [0.717, 1.165) is 12.1 Å². The third kappa shape index (κ3) is 7.82. The molecule has 0 aromatic heterocycles. The Morgan fingerprint density at radius 2 is 1.63 bits per heavy atom. The van der Waals surface area contributed by atoms with Crippen molar-refractivity contribution in [2.24, 2.45) is 16.5 Å². The molecule has 0 heterocycles. The molecular formula is C26H23F3N4O5. The van der Waals surface area contributed by atoms with E-state index in [2.05, 4.69) is 10.3 Å². The molecule has 0 aliphatic heterocycles. The van der Waals surface area contributed by atoms with Gasteiger partial charge in [-0.1, -0.05) is 36.4 Å². The average molecular weight is 528 g/mol. The quantitative estimate of drug-likeness (QED) is 0.144. The van der Waals surface area contributed by atoms with E-state index in [1.807, 2.05) is 0 Å². The first-order valence-electron chi connectivity index (χ1n) is 11.1. The molecule has 3 aromatic carbocycles. The number of nitrogens with two attached hydrogens (primary N) is 2. The standard InChI is InChI=1S/C26H23F3N4O5/c27-26(28,29)20-14-19(38-24(37)16-6-9-18(10-7-16)32-25(30)31)11-8-17(20)13-22(34)33-21(23(35)36)12-15-4-2-1-3-5-15/h1-11,14,21H,12-13H2,(H,33,34)(H,35,36)(H4,30,31,32). The highest BCUT2D eigenvalue weighted by Gasteiger charge is 2.35.